The third-order valence-corrected chi connectivity index (χ3v) is 7.90. The van der Waals surface area contributed by atoms with Crippen molar-refractivity contribution in [1.82, 2.24) is 20.9 Å². The van der Waals surface area contributed by atoms with E-state index in [0.717, 1.165) is 32.1 Å². The molecule has 2 fully saturated rings. The number of halogens is 1. The number of methoxy groups -OCH3 is 1. The van der Waals surface area contributed by atoms with Gasteiger partial charge in [0.05, 0.1) is 19.2 Å². The monoisotopic (exact) mass is 548 g/mol. The lowest BCUT2D eigenvalue weighted by atomic mass is 9.83. The Morgan fingerprint density at radius 2 is 1.74 bits per heavy atom. The van der Waals surface area contributed by atoms with Crippen LogP contribution in [0.3, 0.4) is 0 Å². The molecule has 1 aliphatic carbocycles. The molecule has 1 heterocycles. The third kappa shape index (κ3) is 8.65. The number of hydrogen-bond acceptors (Lipinski definition) is 6. The number of ketones is 1. The van der Waals surface area contributed by atoms with Crippen molar-refractivity contribution in [2.45, 2.75) is 75.9 Å². The zero-order valence-electron chi connectivity index (χ0n) is 22.8. The van der Waals surface area contributed by atoms with Gasteiger partial charge >= 0.3 is 0 Å². The smallest absolute Gasteiger partial charge is 0.289 e. The van der Waals surface area contributed by atoms with E-state index in [0.29, 0.717) is 49.8 Å². The van der Waals surface area contributed by atoms with Gasteiger partial charge < -0.3 is 25.6 Å². The van der Waals surface area contributed by atoms with Gasteiger partial charge in [-0.05, 0) is 51.0 Å². The fourth-order valence-electron chi connectivity index (χ4n) is 5.39. The first-order valence-corrected chi connectivity index (χ1v) is 14.2. The van der Waals surface area contributed by atoms with Crippen LogP contribution in [0.15, 0.2) is 50.0 Å². The summed E-state index contributed by atoms with van der Waals surface area (Å²) < 4.78 is 5.26. The highest BCUT2D eigenvalue weighted by molar-refractivity contribution is 6.38. The highest BCUT2D eigenvalue weighted by Crippen LogP contribution is 2.33. The van der Waals surface area contributed by atoms with Crippen LogP contribution in [-0.4, -0.2) is 66.7 Å². The van der Waals surface area contributed by atoms with E-state index in [9.17, 15) is 14.4 Å². The van der Waals surface area contributed by atoms with Crippen molar-refractivity contribution in [1.29, 1.82) is 0 Å². The molecule has 212 valence electrons. The Labute approximate surface area is 232 Å². The first kappa shape index (κ1) is 31.5. The zero-order chi connectivity index (χ0) is 28.1. The van der Waals surface area contributed by atoms with Crippen LogP contribution < -0.4 is 16.0 Å². The molecule has 9 heteroatoms. The van der Waals surface area contributed by atoms with Crippen LogP contribution >= 0.6 is 11.6 Å². The van der Waals surface area contributed by atoms with Gasteiger partial charge in [0.15, 0.2) is 5.88 Å². The van der Waals surface area contributed by atoms with E-state index in [1.165, 1.54) is 13.5 Å². The van der Waals surface area contributed by atoms with Crippen LogP contribution in [0.5, 0.6) is 0 Å². The number of allylic oxidation sites excluding steroid dienone is 1. The Kier molecular flexibility index (Phi) is 13.5. The number of amides is 2. The van der Waals surface area contributed by atoms with Gasteiger partial charge in [-0.25, -0.2) is 0 Å². The molecule has 4 atom stereocenters. The van der Waals surface area contributed by atoms with Gasteiger partial charge in [0, 0.05) is 30.6 Å². The van der Waals surface area contributed by atoms with Crippen LogP contribution in [0.1, 0.15) is 57.8 Å². The number of rotatable bonds is 17. The van der Waals surface area contributed by atoms with Crippen molar-refractivity contribution in [2.75, 3.05) is 26.1 Å². The van der Waals surface area contributed by atoms with E-state index < -0.39 is 29.8 Å². The Morgan fingerprint density at radius 3 is 2.34 bits per heavy atom. The van der Waals surface area contributed by atoms with E-state index >= 15 is 0 Å². The number of hydrogen-bond donors (Lipinski definition) is 3. The van der Waals surface area contributed by atoms with Crippen LogP contribution in [0.25, 0.3) is 0 Å². The topological polar surface area (TPSA) is 99.8 Å². The number of nitrogens with one attached hydrogen (secondary N) is 3. The molecular formula is C29H45ClN4O4. The molecule has 38 heavy (non-hydrogen) atoms. The number of Topliss-reactive ketones (excluding diaryl/α,β-unsaturated/α-hetero) is 1. The second kappa shape index (κ2) is 16.3. The lowest BCUT2D eigenvalue weighted by molar-refractivity contribution is -0.139. The van der Waals surface area contributed by atoms with Crippen LogP contribution in [0, 0.1) is 11.8 Å². The lowest BCUT2D eigenvalue weighted by Gasteiger charge is -2.37. The molecule has 0 aromatic carbocycles. The minimum absolute atomic E-state index is 0.0326. The van der Waals surface area contributed by atoms with Crippen molar-refractivity contribution >= 4 is 29.2 Å². The first-order chi connectivity index (χ1) is 18.3. The Morgan fingerprint density at radius 1 is 1.05 bits per heavy atom. The van der Waals surface area contributed by atoms with Crippen molar-refractivity contribution in [2.24, 2.45) is 11.8 Å². The summed E-state index contributed by atoms with van der Waals surface area (Å²) in [5, 5.41) is 9.05. The second-order valence-corrected chi connectivity index (χ2v) is 10.4. The van der Waals surface area contributed by atoms with E-state index in [4.69, 9.17) is 16.3 Å². The molecule has 3 N–H and O–H groups in total. The minimum atomic E-state index is -0.793. The van der Waals surface area contributed by atoms with Gasteiger partial charge in [0.1, 0.15) is 6.04 Å². The number of likely N-dealkylation sites (tertiary alicyclic amines) is 1. The maximum absolute atomic E-state index is 14.0. The number of carbonyl (C=O) groups is 3. The molecule has 2 aliphatic rings. The zero-order valence-corrected chi connectivity index (χ0v) is 23.6. The molecule has 2 amide bonds. The highest BCUT2D eigenvalue weighted by Gasteiger charge is 2.43. The summed E-state index contributed by atoms with van der Waals surface area (Å²) in [5.74, 6) is -0.451. The van der Waals surface area contributed by atoms with Crippen LogP contribution in [0.4, 0.5) is 0 Å². The molecular weight excluding hydrogens is 504 g/mol. The Hall–Kier alpha value is -2.74. The summed E-state index contributed by atoms with van der Waals surface area (Å²) in [6.07, 6.45) is 10.8. The van der Waals surface area contributed by atoms with Crippen LogP contribution in [-0.2, 0) is 19.1 Å². The minimum Gasteiger partial charge on any atom is -0.483 e. The predicted octanol–water partition coefficient (Wildman–Crippen LogP) is 3.80. The molecule has 0 aromatic rings. The number of ether oxygens (including phenoxy) is 1. The van der Waals surface area contributed by atoms with E-state index in [1.807, 2.05) is 4.90 Å². The van der Waals surface area contributed by atoms with E-state index in [1.54, 1.807) is 12.2 Å². The number of nitrogens with zero attached hydrogens (tertiary/aromatic N) is 1. The average Bonchev–Trinajstić information content (AvgIpc) is 3.38. The van der Waals surface area contributed by atoms with Gasteiger partial charge in [0.2, 0.25) is 11.7 Å². The molecule has 0 bridgehead atoms. The van der Waals surface area contributed by atoms with E-state index in [-0.39, 0.29) is 17.7 Å². The predicted molar refractivity (Wildman–Crippen MR) is 152 cm³/mol. The lowest BCUT2D eigenvalue weighted by Crippen LogP contribution is -2.55. The Bertz CT molecular complexity index is 871. The van der Waals surface area contributed by atoms with Gasteiger partial charge in [-0.15, -0.1) is 24.8 Å². The van der Waals surface area contributed by atoms with Crippen LogP contribution in [0.2, 0.25) is 0 Å². The largest absolute Gasteiger partial charge is 0.483 e. The molecule has 1 aliphatic heterocycles. The van der Waals surface area contributed by atoms with Gasteiger partial charge in [-0.3, -0.25) is 14.4 Å². The maximum atomic E-state index is 14.0. The molecule has 0 aromatic heterocycles. The Balaban J connectivity index is 2.24. The SMILES string of the molecule is C=CCCNC(=O)C(=O)C(CCC=C)NC(=C)C1C(CCl)CCN1C(=O)C(NC(=C)OC)C1CCCCC1. The summed E-state index contributed by atoms with van der Waals surface area (Å²) in [5.41, 5.74) is 0.510. The maximum Gasteiger partial charge on any atom is 0.289 e. The van der Waals surface area contributed by atoms with Crippen molar-refractivity contribution in [3.63, 3.8) is 0 Å². The molecule has 2 rings (SSSR count). The molecule has 1 saturated carbocycles. The molecule has 1 saturated heterocycles. The number of alkyl halides is 1. The summed E-state index contributed by atoms with van der Waals surface area (Å²) in [7, 11) is 1.53. The second-order valence-electron chi connectivity index (χ2n) is 10.1. The quantitative estimate of drug-likeness (QED) is 0.0840. The summed E-state index contributed by atoms with van der Waals surface area (Å²) in [6, 6.07) is -1.68. The van der Waals surface area contributed by atoms with E-state index in [2.05, 4.69) is 42.3 Å². The average molecular weight is 549 g/mol. The molecule has 8 nitrogen and oxygen atoms in total. The standard InChI is InChI=1S/C29H45ClN4O4/c1-6-8-15-24(27(35)28(36)31-17-9-7-2)32-20(3)26-23(19-30)16-18-34(26)29(37)25(33-21(4)38-5)22-13-11-10-12-14-22/h6-7,22-26,32-33H,1-4,8-19H2,5H3,(H,31,36). The van der Waals surface area contributed by atoms with Gasteiger partial charge in [-0.2, -0.15) is 0 Å². The highest BCUT2D eigenvalue weighted by atomic mass is 35.5. The fourth-order valence-corrected chi connectivity index (χ4v) is 5.72. The summed E-state index contributed by atoms with van der Waals surface area (Å²) >= 11 is 6.35. The van der Waals surface area contributed by atoms with Crippen molar-refractivity contribution < 1.29 is 19.1 Å². The summed E-state index contributed by atoms with van der Waals surface area (Å²) in [6.45, 7) is 16.4. The third-order valence-electron chi connectivity index (χ3n) is 7.50. The fraction of sp³-hybridized carbons (Fsp3) is 0.621. The molecule has 0 radical (unpaired) electrons. The normalized spacial score (nSPS) is 21.1. The summed E-state index contributed by atoms with van der Waals surface area (Å²) in [4.78, 5) is 41.4. The van der Waals surface area contributed by atoms with Crippen molar-refractivity contribution in [3.8, 4) is 0 Å². The van der Waals surface area contributed by atoms with Gasteiger partial charge in [-0.1, -0.05) is 38.0 Å². The molecule has 0 spiro atoms. The number of carbonyl (C=O) groups excluding carboxylic acids is 3. The van der Waals surface area contributed by atoms with Gasteiger partial charge in [0.25, 0.3) is 5.91 Å². The first-order valence-electron chi connectivity index (χ1n) is 13.6. The molecule has 4 unspecified atom stereocenters. The van der Waals surface area contributed by atoms with Crippen molar-refractivity contribution in [3.05, 3.63) is 50.0 Å².